The van der Waals surface area contributed by atoms with E-state index in [4.69, 9.17) is 17.0 Å². The van der Waals surface area contributed by atoms with E-state index in [1.54, 1.807) is 0 Å². The van der Waals surface area contributed by atoms with Crippen molar-refractivity contribution in [3.63, 3.8) is 0 Å². The number of fused-ring (bicyclic) bond motifs is 6. The molecule has 0 radical (unpaired) electrons. The number of thiophene rings is 1. The molecule has 0 spiro atoms. The molecule has 2 bridgehead atoms. The molecule has 3 aliphatic rings. The highest BCUT2D eigenvalue weighted by molar-refractivity contribution is 7.23. The SMILES string of the molecule is [C-]#[N+]CC1OCc2c(-c3ccc(F)c4sc(N)c(C#N)c34)c(F)c3ncnc(N4C[C@H]5C[C@@H]4CN5)c3c21. The van der Waals surface area contributed by atoms with Gasteiger partial charge in [-0.05, 0) is 23.6 Å². The molecule has 11 heteroatoms. The van der Waals surface area contributed by atoms with Crippen LogP contribution in [0.1, 0.15) is 29.2 Å². The molecule has 2 fully saturated rings. The van der Waals surface area contributed by atoms with Crippen LogP contribution in [-0.4, -0.2) is 41.7 Å². The van der Waals surface area contributed by atoms with Gasteiger partial charge in [0.25, 0.3) is 0 Å². The molecule has 7 rings (SSSR count). The van der Waals surface area contributed by atoms with Gasteiger partial charge in [0.2, 0.25) is 6.54 Å². The molecular weight excluding hydrogens is 496 g/mol. The third kappa shape index (κ3) is 3.02. The van der Waals surface area contributed by atoms with Gasteiger partial charge in [0.15, 0.2) is 11.9 Å². The van der Waals surface area contributed by atoms with E-state index in [0.29, 0.717) is 33.9 Å². The maximum absolute atomic E-state index is 16.6. The lowest BCUT2D eigenvalue weighted by molar-refractivity contribution is 0.0781. The Hall–Kier alpha value is -3.90. The summed E-state index contributed by atoms with van der Waals surface area (Å²) >= 11 is 0.965. The summed E-state index contributed by atoms with van der Waals surface area (Å²) in [5.74, 6) is -0.476. The Labute approximate surface area is 214 Å². The van der Waals surface area contributed by atoms with Gasteiger partial charge in [0.05, 0.1) is 22.3 Å². The van der Waals surface area contributed by atoms with Crippen LogP contribution in [0.5, 0.6) is 0 Å². The van der Waals surface area contributed by atoms with Gasteiger partial charge in [-0.2, -0.15) is 5.26 Å². The van der Waals surface area contributed by atoms with Gasteiger partial charge in [0, 0.05) is 41.7 Å². The molecule has 0 amide bonds. The molecule has 2 aromatic carbocycles. The van der Waals surface area contributed by atoms with Crippen molar-refractivity contribution in [3.05, 3.63) is 58.2 Å². The first-order valence-corrected chi connectivity index (χ1v) is 12.7. The second-order valence-corrected chi connectivity index (χ2v) is 10.6. The number of hydrogen-bond donors (Lipinski definition) is 2. The predicted molar refractivity (Wildman–Crippen MR) is 136 cm³/mol. The van der Waals surface area contributed by atoms with E-state index in [9.17, 15) is 9.65 Å². The summed E-state index contributed by atoms with van der Waals surface area (Å²) in [4.78, 5) is 14.7. The monoisotopic (exact) mass is 515 g/mol. The van der Waals surface area contributed by atoms with E-state index >= 15 is 4.39 Å². The maximum atomic E-state index is 16.6. The van der Waals surface area contributed by atoms with E-state index in [-0.39, 0.29) is 50.9 Å². The highest BCUT2D eigenvalue weighted by Crippen LogP contribution is 2.50. The summed E-state index contributed by atoms with van der Waals surface area (Å²) in [5.41, 5.74) is 8.09. The van der Waals surface area contributed by atoms with Crippen molar-refractivity contribution in [2.75, 3.05) is 30.3 Å². The van der Waals surface area contributed by atoms with Crippen LogP contribution in [0.3, 0.4) is 0 Å². The van der Waals surface area contributed by atoms with Gasteiger partial charge in [-0.15, -0.1) is 11.3 Å². The molecule has 8 nitrogen and oxygen atoms in total. The Morgan fingerprint density at radius 1 is 1.32 bits per heavy atom. The van der Waals surface area contributed by atoms with E-state index in [1.807, 2.05) is 0 Å². The van der Waals surface area contributed by atoms with Gasteiger partial charge in [-0.25, -0.2) is 25.3 Å². The van der Waals surface area contributed by atoms with Gasteiger partial charge < -0.3 is 25.5 Å². The Morgan fingerprint density at radius 2 is 2.19 bits per heavy atom. The second-order valence-electron chi connectivity index (χ2n) is 9.54. The van der Waals surface area contributed by atoms with Gasteiger partial charge in [-0.3, -0.25) is 0 Å². The number of halogens is 2. The molecular formula is C26H19F2N7OS. The third-order valence-corrected chi connectivity index (χ3v) is 8.71. The summed E-state index contributed by atoms with van der Waals surface area (Å²) in [7, 11) is 0. The number of nitrogens with two attached hydrogens (primary N) is 1. The molecule has 5 heterocycles. The molecule has 3 aliphatic heterocycles. The molecule has 4 aromatic rings. The molecule has 2 aromatic heterocycles. The average Bonchev–Trinajstić information content (AvgIpc) is 3.68. The van der Waals surface area contributed by atoms with Gasteiger partial charge in [-0.1, -0.05) is 6.07 Å². The highest BCUT2D eigenvalue weighted by atomic mass is 32.1. The first-order valence-electron chi connectivity index (χ1n) is 11.9. The Kier molecular flexibility index (Phi) is 4.85. The standard InChI is InChI=1S/C26H19F2N7OS/c1-31-7-17-20-15(9-36-17)18(13-2-3-16(27)24-19(13)14(5-29)25(30)37-24)22(28)23-21(20)26(34-10-33-23)35-8-11-4-12(35)6-32-11/h2-3,10-12,17,32H,4,6-9,30H2/t11-,12-,17?/m1/s1. The first kappa shape index (κ1) is 22.3. The molecule has 2 saturated heterocycles. The first-order chi connectivity index (χ1) is 18.0. The number of nitriles is 1. The zero-order valence-corrected chi connectivity index (χ0v) is 20.2. The number of anilines is 2. The van der Waals surface area contributed by atoms with Crippen LogP contribution in [0.25, 0.3) is 37.0 Å². The fourth-order valence-electron chi connectivity index (χ4n) is 6.15. The minimum atomic E-state index is -0.589. The number of hydrogen-bond acceptors (Lipinski definition) is 8. The van der Waals surface area contributed by atoms with Crippen molar-refractivity contribution in [3.8, 4) is 17.2 Å². The third-order valence-electron chi connectivity index (χ3n) is 7.69. The zero-order valence-electron chi connectivity index (χ0n) is 19.4. The smallest absolute Gasteiger partial charge is 0.244 e. The van der Waals surface area contributed by atoms with Crippen molar-refractivity contribution in [2.45, 2.75) is 31.2 Å². The van der Waals surface area contributed by atoms with Crippen molar-refractivity contribution in [1.29, 1.82) is 5.26 Å². The van der Waals surface area contributed by atoms with Crippen LogP contribution in [0.2, 0.25) is 0 Å². The van der Waals surface area contributed by atoms with Crippen LogP contribution < -0.4 is 16.0 Å². The number of nitrogen functional groups attached to an aromatic ring is 1. The second kappa shape index (κ2) is 8.05. The molecule has 1 unspecified atom stereocenters. The summed E-state index contributed by atoms with van der Waals surface area (Å²) in [5, 5.41) is 14.3. The average molecular weight is 516 g/mol. The van der Waals surface area contributed by atoms with Crippen LogP contribution >= 0.6 is 11.3 Å². The lowest BCUT2D eigenvalue weighted by Crippen LogP contribution is -2.44. The van der Waals surface area contributed by atoms with Crippen LogP contribution in [0, 0.1) is 29.5 Å². The quantitative estimate of drug-likeness (QED) is 0.393. The van der Waals surface area contributed by atoms with Crippen LogP contribution in [0.15, 0.2) is 18.5 Å². The Morgan fingerprint density at radius 3 is 2.92 bits per heavy atom. The normalized spacial score (nSPS) is 22.1. The van der Waals surface area contributed by atoms with E-state index < -0.39 is 17.7 Å². The number of nitrogens with zero attached hydrogens (tertiary/aromatic N) is 5. The fraction of sp³-hybridized carbons (Fsp3) is 0.308. The summed E-state index contributed by atoms with van der Waals surface area (Å²) in [6.45, 7) is 9.19. The number of benzene rings is 2. The Balaban J connectivity index is 1.58. The number of ether oxygens (including phenoxy) is 1. The van der Waals surface area contributed by atoms with Crippen LogP contribution in [-0.2, 0) is 11.3 Å². The minimum absolute atomic E-state index is 0.0583. The number of piperazine rings is 1. The fourth-order valence-corrected chi connectivity index (χ4v) is 7.10. The topological polar surface area (TPSA) is 104 Å². The molecule has 184 valence electrons. The van der Waals surface area contributed by atoms with Gasteiger partial charge >= 0.3 is 0 Å². The maximum Gasteiger partial charge on any atom is 0.244 e. The van der Waals surface area contributed by atoms with E-state index in [2.05, 4.69) is 31.1 Å². The lowest BCUT2D eigenvalue weighted by Gasteiger charge is -2.30. The van der Waals surface area contributed by atoms with E-state index in [1.165, 1.54) is 18.5 Å². The molecule has 0 aliphatic carbocycles. The highest BCUT2D eigenvalue weighted by Gasteiger charge is 2.42. The predicted octanol–water partition coefficient (Wildman–Crippen LogP) is 4.28. The van der Waals surface area contributed by atoms with E-state index in [0.717, 1.165) is 30.8 Å². The number of rotatable bonds is 3. The van der Waals surface area contributed by atoms with Crippen molar-refractivity contribution in [2.24, 2.45) is 0 Å². The largest absolute Gasteiger partial charge is 0.389 e. The molecule has 3 N–H and O–H groups in total. The Bertz CT molecular complexity index is 1720. The summed E-state index contributed by atoms with van der Waals surface area (Å²) in [6, 6.07) is 5.39. The lowest BCUT2D eigenvalue weighted by atomic mass is 9.88. The number of aromatic nitrogens is 2. The van der Waals surface area contributed by atoms with Crippen LogP contribution in [0.4, 0.5) is 19.6 Å². The molecule has 0 saturated carbocycles. The zero-order chi connectivity index (χ0) is 25.4. The summed E-state index contributed by atoms with van der Waals surface area (Å²) in [6.07, 6.45) is 1.76. The molecule has 3 atom stereocenters. The number of nitrogens with one attached hydrogen (secondary N) is 1. The van der Waals surface area contributed by atoms with Crippen molar-refractivity contribution >= 4 is 43.1 Å². The molecule has 37 heavy (non-hydrogen) atoms. The van der Waals surface area contributed by atoms with Gasteiger partial charge in [0.1, 0.15) is 34.5 Å². The minimum Gasteiger partial charge on any atom is -0.389 e. The summed E-state index contributed by atoms with van der Waals surface area (Å²) < 4.78 is 37.6. The van der Waals surface area contributed by atoms with Crippen molar-refractivity contribution < 1.29 is 13.5 Å². The van der Waals surface area contributed by atoms with Crippen molar-refractivity contribution in [1.82, 2.24) is 15.3 Å².